The van der Waals surface area contributed by atoms with Crippen LogP contribution in [-0.2, 0) is 26.8 Å². The summed E-state index contributed by atoms with van der Waals surface area (Å²) in [5.74, 6) is 2.19. The molecule has 0 amide bonds. The molecule has 0 spiro atoms. The number of hydrogen-bond acceptors (Lipinski definition) is 5. The van der Waals surface area contributed by atoms with Gasteiger partial charge < -0.3 is 14.2 Å². The summed E-state index contributed by atoms with van der Waals surface area (Å²) in [4.78, 5) is 10.8. The minimum atomic E-state index is -0.743. The number of carbonyl (C=O) groups excluding carboxylic acids is 1. The van der Waals surface area contributed by atoms with Crippen molar-refractivity contribution in [3.8, 4) is 11.5 Å². The fraction of sp³-hybridized carbons (Fsp3) is 0.633. The van der Waals surface area contributed by atoms with Gasteiger partial charge in [0.1, 0.15) is 5.60 Å². The molecule has 0 N–H and O–H groups in total. The van der Waals surface area contributed by atoms with Gasteiger partial charge in [-0.1, -0.05) is 70.2 Å². The van der Waals surface area contributed by atoms with E-state index in [1.54, 1.807) is 6.08 Å². The third kappa shape index (κ3) is 13.3. The van der Waals surface area contributed by atoms with E-state index in [0.29, 0.717) is 6.79 Å². The van der Waals surface area contributed by atoms with Crippen LogP contribution < -0.4 is 9.47 Å². The van der Waals surface area contributed by atoms with Gasteiger partial charge in [0.05, 0.1) is 0 Å². The first kappa shape index (κ1) is 31.9. The number of rotatable bonds is 15. The zero-order valence-electron chi connectivity index (χ0n) is 23.4. The molecule has 0 saturated heterocycles. The molecule has 3 unspecified atom stereocenters. The number of carbonyl (C=O) groups is 1. The van der Waals surface area contributed by atoms with Gasteiger partial charge in [0.2, 0.25) is 6.79 Å². The fourth-order valence-corrected chi connectivity index (χ4v) is 5.16. The Balaban J connectivity index is 0.000000402. The SMILES string of the molecule is C=CC(C)(CCC=C(C)C)OC(C)=O.CCCCCCCCS(=O)C(C)Cc1ccc2c(c1)OCO2. The van der Waals surface area contributed by atoms with E-state index in [4.69, 9.17) is 14.2 Å². The molecule has 0 bridgehead atoms. The van der Waals surface area contributed by atoms with Gasteiger partial charge in [0.25, 0.3) is 0 Å². The van der Waals surface area contributed by atoms with Gasteiger partial charge in [-0.2, -0.15) is 0 Å². The lowest BCUT2D eigenvalue weighted by atomic mass is 9.99. The number of unbranched alkanes of at least 4 members (excludes halogenated alkanes) is 5. The molecule has 2 rings (SSSR count). The molecule has 1 aromatic carbocycles. The van der Waals surface area contributed by atoms with Crippen LogP contribution in [0.15, 0.2) is 42.5 Å². The van der Waals surface area contributed by atoms with Crippen LogP contribution >= 0.6 is 0 Å². The summed E-state index contributed by atoms with van der Waals surface area (Å²) in [6, 6.07) is 6.01. The van der Waals surface area contributed by atoms with Crippen molar-refractivity contribution in [3.05, 3.63) is 48.1 Å². The number of esters is 1. The third-order valence-electron chi connectivity index (χ3n) is 6.11. The van der Waals surface area contributed by atoms with Crippen LogP contribution in [0.4, 0.5) is 0 Å². The van der Waals surface area contributed by atoms with Gasteiger partial charge in [-0.3, -0.25) is 9.00 Å². The average Bonchev–Trinajstić information content (AvgIpc) is 3.29. The lowest BCUT2D eigenvalue weighted by Crippen LogP contribution is -2.27. The lowest BCUT2D eigenvalue weighted by molar-refractivity contribution is -0.151. The fourth-order valence-electron chi connectivity index (χ4n) is 3.89. The summed E-state index contributed by atoms with van der Waals surface area (Å²) in [5.41, 5.74) is 1.92. The van der Waals surface area contributed by atoms with E-state index in [2.05, 4.69) is 40.3 Å². The number of benzene rings is 1. The Morgan fingerprint density at radius 1 is 1.14 bits per heavy atom. The standard InChI is InChI=1S/C18H28O3S.C12H20O2/c1-3-4-5-6-7-8-11-22(19)15(2)12-16-9-10-17-18(13-16)21-14-20-17;1-6-12(5,14-11(4)13)9-7-8-10(2)3/h9-10,13,15H,3-8,11-12,14H2,1-2H3;6,8H,1,7,9H2,2-5H3. The molecule has 1 heterocycles. The van der Waals surface area contributed by atoms with Crippen LogP contribution in [0.1, 0.15) is 98.5 Å². The lowest BCUT2D eigenvalue weighted by Gasteiger charge is -2.24. The van der Waals surface area contributed by atoms with Crippen LogP contribution in [0.2, 0.25) is 0 Å². The maximum Gasteiger partial charge on any atom is 0.303 e. The van der Waals surface area contributed by atoms with Gasteiger partial charge in [-0.25, -0.2) is 0 Å². The van der Waals surface area contributed by atoms with Crippen molar-refractivity contribution in [2.75, 3.05) is 12.5 Å². The maximum atomic E-state index is 12.3. The van der Waals surface area contributed by atoms with Crippen molar-refractivity contribution >= 4 is 16.8 Å². The number of hydrogen-bond donors (Lipinski definition) is 0. The van der Waals surface area contributed by atoms with E-state index in [-0.39, 0.29) is 11.2 Å². The molecular weight excluding hydrogens is 472 g/mol. The normalized spacial score (nSPS) is 15.1. The largest absolute Gasteiger partial charge is 0.455 e. The van der Waals surface area contributed by atoms with Crippen molar-refractivity contribution in [2.45, 2.75) is 110 Å². The molecule has 1 aromatic rings. The average molecular weight is 521 g/mol. The van der Waals surface area contributed by atoms with E-state index in [1.807, 2.05) is 25.1 Å². The third-order valence-corrected chi connectivity index (χ3v) is 7.87. The molecule has 36 heavy (non-hydrogen) atoms. The van der Waals surface area contributed by atoms with Crippen molar-refractivity contribution in [3.63, 3.8) is 0 Å². The molecule has 1 aliphatic heterocycles. The molecule has 0 saturated carbocycles. The van der Waals surface area contributed by atoms with Gasteiger partial charge in [-0.15, -0.1) is 0 Å². The number of fused-ring (bicyclic) bond motifs is 1. The Kier molecular flexibility index (Phi) is 15.4. The molecule has 1 aliphatic rings. The van der Waals surface area contributed by atoms with Crippen LogP contribution in [0.25, 0.3) is 0 Å². The zero-order chi connectivity index (χ0) is 27.0. The molecule has 0 aromatic heterocycles. The van der Waals surface area contributed by atoms with Crippen LogP contribution in [0.3, 0.4) is 0 Å². The van der Waals surface area contributed by atoms with E-state index in [1.165, 1.54) is 50.2 Å². The molecule has 0 fully saturated rings. The predicted molar refractivity (Wildman–Crippen MR) is 151 cm³/mol. The molecule has 6 heteroatoms. The Bertz CT molecular complexity index is 859. The summed E-state index contributed by atoms with van der Waals surface area (Å²) < 4.78 is 28.2. The Hall–Kier alpha value is -2.08. The Labute approximate surface area is 222 Å². The highest BCUT2D eigenvalue weighted by Crippen LogP contribution is 2.33. The van der Waals surface area contributed by atoms with Gasteiger partial charge in [-0.05, 0) is 70.2 Å². The first-order chi connectivity index (χ1) is 17.1. The topological polar surface area (TPSA) is 61.8 Å². The van der Waals surface area contributed by atoms with Crippen LogP contribution in [0.5, 0.6) is 11.5 Å². The minimum absolute atomic E-state index is 0.191. The first-order valence-electron chi connectivity index (χ1n) is 13.3. The summed E-state index contributed by atoms with van der Waals surface area (Å²) in [6.45, 7) is 15.7. The molecular formula is C30H48O5S. The number of allylic oxidation sites excluding steroid dienone is 2. The van der Waals surface area contributed by atoms with Gasteiger partial charge in [0.15, 0.2) is 11.5 Å². The highest BCUT2D eigenvalue weighted by Gasteiger charge is 2.22. The second kappa shape index (κ2) is 17.4. The number of ether oxygens (including phenoxy) is 3. The van der Waals surface area contributed by atoms with E-state index in [0.717, 1.165) is 42.9 Å². The van der Waals surface area contributed by atoms with Crippen molar-refractivity contribution in [1.82, 2.24) is 0 Å². The second-order valence-corrected chi connectivity index (χ2v) is 12.0. The van der Waals surface area contributed by atoms with Crippen LogP contribution in [-0.4, -0.2) is 33.6 Å². The molecule has 5 nitrogen and oxygen atoms in total. The zero-order valence-corrected chi connectivity index (χ0v) is 24.2. The monoisotopic (exact) mass is 520 g/mol. The Morgan fingerprint density at radius 2 is 1.81 bits per heavy atom. The summed E-state index contributed by atoms with van der Waals surface area (Å²) in [7, 11) is -0.743. The molecule has 0 radical (unpaired) electrons. The summed E-state index contributed by atoms with van der Waals surface area (Å²) in [5, 5.41) is 0.191. The summed E-state index contributed by atoms with van der Waals surface area (Å²) >= 11 is 0. The van der Waals surface area contributed by atoms with Crippen molar-refractivity contribution < 1.29 is 23.2 Å². The summed E-state index contributed by atoms with van der Waals surface area (Å²) in [6.07, 6.45) is 13.8. The maximum absolute atomic E-state index is 12.3. The second-order valence-electron chi connectivity index (χ2n) is 9.99. The van der Waals surface area contributed by atoms with Gasteiger partial charge >= 0.3 is 5.97 Å². The van der Waals surface area contributed by atoms with E-state index >= 15 is 0 Å². The Morgan fingerprint density at radius 3 is 2.44 bits per heavy atom. The van der Waals surface area contributed by atoms with Gasteiger partial charge in [0, 0.05) is 28.7 Å². The first-order valence-corrected chi connectivity index (χ1v) is 14.7. The molecule has 3 atom stereocenters. The van der Waals surface area contributed by atoms with E-state index in [9.17, 15) is 9.00 Å². The quantitative estimate of drug-likeness (QED) is 0.135. The highest BCUT2D eigenvalue weighted by atomic mass is 32.2. The minimum Gasteiger partial charge on any atom is -0.455 e. The molecule has 204 valence electrons. The van der Waals surface area contributed by atoms with Crippen LogP contribution in [0, 0.1) is 0 Å². The van der Waals surface area contributed by atoms with Crippen molar-refractivity contribution in [1.29, 1.82) is 0 Å². The highest BCUT2D eigenvalue weighted by molar-refractivity contribution is 7.85. The van der Waals surface area contributed by atoms with E-state index < -0.39 is 16.4 Å². The van der Waals surface area contributed by atoms with Crippen molar-refractivity contribution in [2.24, 2.45) is 0 Å². The predicted octanol–water partition coefficient (Wildman–Crippen LogP) is 7.70. The smallest absolute Gasteiger partial charge is 0.303 e. The molecule has 0 aliphatic carbocycles.